The van der Waals surface area contributed by atoms with Crippen molar-refractivity contribution >= 4 is 50.8 Å². The molecule has 0 spiro atoms. The lowest BCUT2D eigenvalue weighted by Crippen LogP contribution is -2.44. The Hall–Kier alpha value is -2.07. The minimum absolute atomic E-state index is 0.165. The number of halogens is 4. The highest BCUT2D eigenvalue weighted by Crippen LogP contribution is 2.28. The Morgan fingerprint density at radius 2 is 2.19 bits per heavy atom. The number of fused-ring (bicyclic) bond motifs is 1. The smallest absolute Gasteiger partial charge is 0.422 e. The van der Waals surface area contributed by atoms with E-state index in [1.807, 2.05) is 0 Å². The average molecular weight is 408 g/mol. The summed E-state index contributed by atoms with van der Waals surface area (Å²) in [6.07, 6.45) is -4.91. The van der Waals surface area contributed by atoms with Crippen LogP contribution in [-0.4, -0.2) is 47.3 Å². The second-order valence-electron chi connectivity index (χ2n) is 5.66. The summed E-state index contributed by atoms with van der Waals surface area (Å²) >= 11 is 7.09. The summed E-state index contributed by atoms with van der Waals surface area (Å²) in [7, 11) is 0. The molecule has 0 bridgehead atoms. The normalized spacial score (nSPS) is 17.5. The van der Waals surface area contributed by atoms with Crippen LogP contribution in [-0.2, 0) is 9.53 Å². The Morgan fingerprint density at radius 3 is 2.92 bits per heavy atom. The van der Waals surface area contributed by atoms with Crippen LogP contribution in [0.2, 0.25) is 4.47 Å². The minimum Gasteiger partial charge on any atom is -0.440 e. The van der Waals surface area contributed by atoms with Gasteiger partial charge in [0, 0.05) is 12.2 Å². The van der Waals surface area contributed by atoms with Gasteiger partial charge in [-0.15, -0.1) is 11.3 Å². The van der Waals surface area contributed by atoms with Gasteiger partial charge in [-0.3, -0.25) is 9.69 Å². The van der Waals surface area contributed by atoms with Gasteiger partial charge in [0.15, 0.2) is 11.1 Å². The molecule has 2 amide bonds. The van der Waals surface area contributed by atoms with E-state index >= 15 is 0 Å². The molecular weight excluding hydrogens is 395 g/mol. The van der Waals surface area contributed by atoms with Gasteiger partial charge in [-0.1, -0.05) is 11.6 Å². The summed E-state index contributed by atoms with van der Waals surface area (Å²) in [6.45, 7) is -1.52. The summed E-state index contributed by atoms with van der Waals surface area (Å²) < 4.78 is 42.0. The van der Waals surface area contributed by atoms with Crippen molar-refractivity contribution in [1.29, 1.82) is 0 Å². The van der Waals surface area contributed by atoms with Crippen molar-refractivity contribution in [2.75, 3.05) is 18.5 Å². The van der Waals surface area contributed by atoms with Crippen molar-refractivity contribution in [3.05, 3.63) is 22.7 Å². The highest BCUT2D eigenvalue weighted by atomic mass is 35.5. The number of hydrogen-bond acceptors (Lipinski definition) is 5. The van der Waals surface area contributed by atoms with Crippen LogP contribution in [0.1, 0.15) is 12.8 Å². The van der Waals surface area contributed by atoms with E-state index in [0.29, 0.717) is 28.5 Å². The SMILES string of the molecule is O=C(Nc1ccc2nc(Cl)sc2c1)C1CCCN1C(=O)OCC(F)(F)F. The van der Waals surface area contributed by atoms with Gasteiger partial charge in [0.25, 0.3) is 0 Å². The second kappa shape index (κ2) is 7.28. The number of amides is 2. The van der Waals surface area contributed by atoms with Crippen molar-refractivity contribution in [2.45, 2.75) is 25.1 Å². The van der Waals surface area contributed by atoms with Crippen molar-refractivity contribution < 1.29 is 27.5 Å². The molecule has 0 saturated carbocycles. The molecule has 1 N–H and O–H groups in total. The fraction of sp³-hybridized carbons (Fsp3) is 0.400. The molecule has 11 heteroatoms. The molecule has 1 atom stereocenters. The number of thiazole rings is 1. The van der Waals surface area contributed by atoms with Crippen LogP contribution in [0.3, 0.4) is 0 Å². The Kier molecular flexibility index (Phi) is 5.24. The Bertz CT molecular complexity index is 842. The zero-order valence-corrected chi connectivity index (χ0v) is 14.7. The monoisotopic (exact) mass is 407 g/mol. The summed E-state index contributed by atoms with van der Waals surface area (Å²) in [6, 6.07) is 4.14. The number of benzene rings is 1. The van der Waals surface area contributed by atoms with Crippen LogP contribution >= 0.6 is 22.9 Å². The van der Waals surface area contributed by atoms with Gasteiger partial charge in [0.2, 0.25) is 5.91 Å². The topological polar surface area (TPSA) is 71.5 Å². The third-order valence-electron chi connectivity index (χ3n) is 3.78. The summed E-state index contributed by atoms with van der Waals surface area (Å²) in [5.41, 5.74) is 1.18. The zero-order chi connectivity index (χ0) is 18.9. The number of aromatic nitrogens is 1. The number of carbonyl (C=O) groups excluding carboxylic acids is 2. The number of rotatable bonds is 3. The standard InChI is InChI=1S/C15H13ClF3N3O3S/c16-13-21-9-4-3-8(6-11(9)26-13)20-12(23)10-2-1-5-22(10)14(24)25-7-15(17,18)19/h3-4,6,10H,1-2,5,7H2,(H,20,23). The Morgan fingerprint density at radius 1 is 1.42 bits per heavy atom. The summed E-state index contributed by atoms with van der Waals surface area (Å²) in [4.78, 5) is 29.4. The Balaban J connectivity index is 1.66. The highest BCUT2D eigenvalue weighted by Gasteiger charge is 2.37. The lowest BCUT2D eigenvalue weighted by Gasteiger charge is -2.23. The van der Waals surface area contributed by atoms with Gasteiger partial charge in [-0.25, -0.2) is 9.78 Å². The predicted octanol–water partition coefficient (Wildman–Crippen LogP) is 4.05. The lowest BCUT2D eigenvalue weighted by atomic mass is 10.2. The van der Waals surface area contributed by atoms with E-state index in [2.05, 4.69) is 15.0 Å². The molecule has 26 heavy (non-hydrogen) atoms. The maximum absolute atomic E-state index is 12.5. The van der Waals surface area contributed by atoms with E-state index in [0.717, 1.165) is 9.60 Å². The number of hydrogen-bond donors (Lipinski definition) is 1. The maximum atomic E-state index is 12.5. The third-order valence-corrected chi connectivity index (χ3v) is 4.90. The second-order valence-corrected chi connectivity index (χ2v) is 7.27. The number of carbonyl (C=O) groups is 2. The van der Waals surface area contributed by atoms with E-state index in [1.165, 1.54) is 11.3 Å². The Labute approximate surface area is 154 Å². The first kappa shape index (κ1) is 18.7. The number of nitrogens with one attached hydrogen (secondary N) is 1. The van der Waals surface area contributed by atoms with Crippen LogP contribution in [0, 0.1) is 0 Å². The summed E-state index contributed by atoms with van der Waals surface area (Å²) in [5, 5.41) is 2.67. The van der Waals surface area contributed by atoms with Crippen LogP contribution in [0.15, 0.2) is 18.2 Å². The van der Waals surface area contributed by atoms with E-state index in [1.54, 1.807) is 18.2 Å². The van der Waals surface area contributed by atoms with Gasteiger partial charge in [0.1, 0.15) is 6.04 Å². The van der Waals surface area contributed by atoms with Gasteiger partial charge < -0.3 is 10.1 Å². The molecule has 6 nitrogen and oxygen atoms in total. The van der Waals surface area contributed by atoms with Crippen molar-refractivity contribution in [3.63, 3.8) is 0 Å². The number of alkyl halides is 3. The lowest BCUT2D eigenvalue weighted by molar-refractivity contribution is -0.162. The van der Waals surface area contributed by atoms with Gasteiger partial charge in [-0.2, -0.15) is 13.2 Å². The van der Waals surface area contributed by atoms with Crippen LogP contribution < -0.4 is 5.32 Å². The average Bonchev–Trinajstić information content (AvgIpc) is 3.17. The first-order valence-electron chi connectivity index (χ1n) is 7.60. The van der Waals surface area contributed by atoms with Gasteiger partial charge in [-0.05, 0) is 31.0 Å². The third kappa shape index (κ3) is 4.36. The number of ether oxygens (including phenoxy) is 1. The zero-order valence-electron chi connectivity index (χ0n) is 13.2. The molecule has 0 aliphatic carbocycles. The molecule has 140 valence electrons. The molecule has 3 rings (SSSR count). The molecule has 2 aromatic rings. The van der Waals surface area contributed by atoms with Gasteiger partial charge >= 0.3 is 12.3 Å². The van der Waals surface area contributed by atoms with Crippen molar-refractivity contribution in [2.24, 2.45) is 0 Å². The largest absolute Gasteiger partial charge is 0.440 e. The van der Waals surface area contributed by atoms with Crippen LogP contribution in [0.25, 0.3) is 10.2 Å². The number of nitrogens with zero attached hydrogens (tertiary/aromatic N) is 2. The number of likely N-dealkylation sites (tertiary alicyclic amines) is 1. The molecule has 1 aromatic heterocycles. The van der Waals surface area contributed by atoms with E-state index in [-0.39, 0.29) is 6.54 Å². The first-order valence-corrected chi connectivity index (χ1v) is 8.79. The molecule has 1 aromatic carbocycles. The van der Waals surface area contributed by atoms with Crippen LogP contribution in [0.5, 0.6) is 0 Å². The molecule has 1 aliphatic heterocycles. The molecule has 1 saturated heterocycles. The van der Waals surface area contributed by atoms with E-state index < -0.39 is 30.8 Å². The summed E-state index contributed by atoms with van der Waals surface area (Å²) in [5.74, 6) is -0.485. The molecule has 0 radical (unpaired) electrons. The molecule has 1 fully saturated rings. The number of anilines is 1. The first-order chi connectivity index (χ1) is 12.2. The molecular formula is C15H13ClF3N3O3S. The van der Waals surface area contributed by atoms with Crippen molar-refractivity contribution in [3.8, 4) is 0 Å². The predicted molar refractivity (Wildman–Crippen MR) is 90.4 cm³/mol. The highest BCUT2D eigenvalue weighted by molar-refractivity contribution is 7.22. The fourth-order valence-electron chi connectivity index (χ4n) is 2.68. The molecule has 1 aliphatic rings. The van der Waals surface area contributed by atoms with E-state index in [9.17, 15) is 22.8 Å². The minimum atomic E-state index is -4.61. The van der Waals surface area contributed by atoms with Crippen LogP contribution in [0.4, 0.5) is 23.7 Å². The fourth-order valence-corrected chi connectivity index (χ4v) is 3.75. The van der Waals surface area contributed by atoms with Crippen molar-refractivity contribution in [1.82, 2.24) is 9.88 Å². The maximum Gasteiger partial charge on any atom is 0.422 e. The quantitative estimate of drug-likeness (QED) is 0.833. The molecule has 2 heterocycles. The van der Waals surface area contributed by atoms with E-state index in [4.69, 9.17) is 11.6 Å². The van der Waals surface area contributed by atoms with Gasteiger partial charge in [0.05, 0.1) is 10.2 Å². The molecule has 1 unspecified atom stereocenters.